The minimum atomic E-state index is -0.465. The number of methoxy groups -OCH3 is 1. The van der Waals surface area contributed by atoms with Gasteiger partial charge in [0.2, 0.25) is 0 Å². The summed E-state index contributed by atoms with van der Waals surface area (Å²) in [5.74, 6) is 0.761. The zero-order valence-electron chi connectivity index (χ0n) is 15.8. The Kier molecular flexibility index (Phi) is 5.28. The van der Waals surface area contributed by atoms with Crippen LogP contribution in [-0.2, 0) is 0 Å². The summed E-state index contributed by atoms with van der Waals surface area (Å²) in [6.07, 6.45) is 1.76. The number of aryl methyl sites for hydroxylation is 1. The van der Waals surface area contributed by atoms with E-state index in [-0.39, 0.29) is 5.69 Å². The second kappa shape index (κ2) is 7.80. The number of nitriles is 1. The number of ether oxygens (including phenoxy) is 1. The number of nitro benzene ring substituents is 1. The SMILES string of the molecule is COc1cccc(-n2c(C)cc(C=C(C#N)c3cccc([N+](=O)[O-])c3)c2C)c1. The third-order valence-corrected chi connectivity index (χ3v) is 4.57. The fourth-order valence-electron chi connectivity index (χ4n) is 3.20. The quantitative estimate of drug-likeness (QED) is 0.355. The Bertz CT molecular complexity index is 1120. The van der Waals surface area contributed by atoms with Gasteiger partial charge >= 0.3 is 0 Å². The van der Waals surface area contributed by atoms with E-state index in [4.69, 9.17) is 4.74 Å². The van der Waals surface area contributed by atoms with Crippen molar-refractivity contribution < 1.29 is 9.66 Å². The predicted octanol–water partition coefficient (Wildman–Crippen LogP) is 5.08. The number of aromatic nitrogens is 1. The molecule has 0 N–H and O–H groups in total. The molecule has 0 bridgehead atoms. The van der Waals surface area contributed by atoms with Crippen molar-refractivity contribution in [3.8, 4) is 17.5 Å². The van der Waals surface area contributed by atoms with Gasteiger partial charge in [-0.05, 0) is 49.2 Å². The second-order valence-corrected chi connectivity index (χ2v) is 6.34. The van der Waals surface area contributed by atoms with Crippen LogP contribution >= 0.6 is 0 Å². The van der Waals surface area contributed by atoms with Crippen LogP contribution in [0.25, 0.3) is 17.3 Å². The molecular formula is C22H19N3O3. The molecule has 2 aromatic carbocycles. The van der Waals surface area contributed by atoms with Crippen LogP contribution in [0.3, 0.4) is 0 Å². The zero-order valence-corrected chi connectivity index (χ0v) is 15.8. The molecule has 0 amide bonds. The first-order valence-corrected chi connectivity index (χ1v) is 8.64. The summed E-state index contributed by atoms with van der Waals surface area (Å²) in [5.41, 5.74) is 4.65. The first kappa shape index (κ1) is 18.9. The van der Waals surface area contributed by atoms with Crippen molar-refractivity contribution in [2.24, 2.45) is 0 Å². The average Bonchev–Trinajstić information content (AvgIpc) is 2.99. The Hall–Kier alpha value is -3.85. The van der Waals surface area contributed by atoms with Gasteiger partial charge in [0.05, 0.1) is 23.7 Å². The van der Waals surface area contributed by atoms with Crippen molar-refractivity contribution in [3.63, 3.8) is 0 Å². The highest BCUT2D eigenvalue weighted by molar-refractivity contribution is 5.90. The van der Waals surface area contributed by atoms with Gasteiger partial charge in [0, 0.05) is 35.3 Å². The molecule has 0 aliphatic rings. The molecule has 0 saturated carbocycles. The molecule has 0 unspecified atom stereocenters. The van der Waals surface area contributed by atoms with Gasteiger partial charge in [-0.2, -0.15) is 5.26 Å². The molecule has 3 aromatic rings. The number of benzene rings is 2. The van der Waals surface area contributed by atoms with Gasteiger partial charge in [-0.1, -0.05) is 18.2 Å². The van der Waals surface area contributed by atoms with Crippen molar-refractivity contribution >= 4 is 17.3 Å². The maximum atomic E-state index is 11.0. The summed E-state index contributed by atoms with van der Waals surface area (Å²) in [4.78, 5) is 10.6. The monoisotopic (exact) mass is 373 g/mol. The Labute approximate surface area is 163 Å². The number of nitrogens with zero attached hydrogens (tertiary/aromatic N) is 3. The molecule has 6 heteroatoms. The lowest BCUT2D eigenvalue weighted by molar-refractivity contribution is -0.384. The van der Waals surface area contributed by atoms with Crippen LogP contribution in [0.15, 0.2) is 54.6 Å². The summed E-state index contributed by atoms with van der Waals surface area (Å²) in [6.45, 7) is 3.96. The lowest BCUT2D eigenvalue weighted by atomic mass is 10.0. The van der Waals surface area contributed by atoms with E-state index in [0.29, 0.717) is 11.1 Å². The van der Waals surface area contributed by atoms with E-state index in [9.17, 15) is 15.4 Å². The topological polar surface area (TPSA) is 81.1 Å². The zero-order chi connectivity index (χ0) is 20.3. The Morgan fingerprint density at radius 1 is 1.18 bits per heavy atom. The van der Waals surface area contributed by atoms with Crippen LogP contribution in [-0.4, -0.2) is 16.6 Å². The maximum Gasteiger partial charge on any atom is 0.270 e. The molecule has 0 fully saturated rings. The number of hydrogen-bond acceptors (Lipinski definition) is 4. The van der Waals surface area contributed by atoms with E-state index in [1.807, 2.05) is 44.2 Å². The molecule has 0 aliphatic heterocycles. The molecule has 0 saturated heterocycles. The predicted molar refractivity (Wildman–Crippen MR) is 108 cm³/mol. The van der Waals surface area contributed by atoms with Gasteiger partial charge in [0.15, 0.2) is 0 Å². The average molecular weight is 373 g/mol. The number of hydrogen-bond donors (Lipinski definition) is 0. The van der Waals surface area contributed by atoms with E-state index in [1.165, 1.54) is 12.1 Å². The van der Waals surface area contributed by atoms with E-state index >= 15 is 0 Å². The summed E-state index contributed by atoms with van der Waals surface area (Å²) in [5, 5.41) is 20.6. The van der Waals surface area contributed by atoms with Crippen LogP contribution in [0, 0.1) is 35.3 Å². The number of nitro groups is 1. The lowest BCUT2D eigenvalue weighted by Crippen LogP contribution is -1.99. The van der Waals surface area contributed by atoms with E-state index in [0.717, 1.165) is 28.4 Å². The standard InChI is InChI=1S/C22H19N3O3/c1-15-10-18(16(2)24(15)20-7-5-9-22(13-20)28-3)11-19(14-23)17-6-4-8-21(12-17)25(26)27/h4-13H,1-3H3. The van der Waals surface area contributed by atoms with E-state index < -0.39 is 4.92 Å². The van der Waals surface area contributed by atoms with E-state index in [1.54, 1.807) is 25.3 Å². The van der Waals surface area contributed by atoms with Crippen LogP contribution < -0.4 is 4.74 Å². The van der Waals surface area contributed by atoms with Crippen molar-refractivity contribution in [1.82, 2.24) is 4.57 Å². The van der Waals surface area contributed by atoms with Crippen molar-refractivity contribution in [2.75, 3.05) is 7.11 Å². The molecule has 0 atom stereocenters. The molecule has 1 aromatic heterocycles. The van der Waals surface area contributed by atoms with E-state index in [2.05, 4.69) is 10.6 Å². The van der Waals surface area contributed by atoms with Crippen LogP contribution in [0.2, 0.25) is 0 Å². The van der Waals surface area contributed by atoms with Crippen molar-refractivity contribution in [1.29, 1.82) is 5.26 Å². The van der Waals surface area contributed by atoms with Crippen molar-refractivity contribution in [2.45, 2.75) is 13.8 Å². The smallest absolute Gasteiger partial charge is 0.270 e. The largest absolute Gasteiger partial charge is 0.497 e. The Morgan fingerprint density at radius 3 is 2.61 bits per heavy atom. The number of rotatable bonds is 5. The lowest BCUT2D eigenvalue weighted by Gasteiger charge is -2.11. The Balaban J connectivity index is 2.08. The first-order chi connectivity index (χ1) is 13.4. The summed E-state index contributed by atoms with van der Waals surface area (Å²) in [6, 6.07) is 18.0. The molecule has 1 heterocycles. The molecule has 0 radical (unpaired) electrons. The molecule has 0 spiro atoms. The summed E-state index contributed by atoms with van der Waals surface area (Å²) in [7, 11) is 1.63. The number of non-ortho nitro benzene ring substituents is 1. The first-order valence-electron chi connectivity index (χ1n) is 8.64. The molecule has 140 valence electrons. The minimum absolute atomic E-state index is 0.0412. The highest BCUT2D eigenvalue weighted by Crippen LogP contribution is 2.27. The van der Waals surface area contributed by atoms with Gasteiger partial charge in [-0.3, -0.25) is 10.1 Å². The van der Waals surface area contributed by atoms with Gasteiger partial charge in [-0.15, -0.1) is 0 Å². The highest BCUT2D eigenvalue weighted by Gasteiger charge is 2.13. The molecule has 28 heavy (non-hydrogen) atoms. The second-order valence-electron chi connectivity index (χ2n) is 6.34. The van der Waals surface area contributed by atoms with Gasteiger partial charge < -0.3 is 9.30 Å². The van der Waals surface area contributed by atoms with Crippen LogP contribution in [0.1, 0.15) is 22.5 Å². The van der Waals surface area contributed by atoms with Crippen LogP contribution in [0.5, 0.6) is 5.75 Å². The van der Waals surface area contributed by atoms with Gasteiger partial charge in [0.1, 0.15) is 5.75 Å². The van der Waals surface area contributed by atoms with Crippen LogP contribution in [0.4, 0.5) is 5.69 Å². The number of allylic oxidation sites excluding steroid dienone is 1. The van der Waals surface area contributed by atoms with Gasteiger partial charge in [0.25, 0.3) is 5.69 Å². The maximum absolute atomic E-state index is 11.0. The summed E-state index contributed by atoms with van der Waals surface area (Å²) >= 11 is 0. The van der Waals surface area contributed by atoms with Crippen molar-refractivity contribution in [3.05, 3.63) is 87.2 Å². The Morgan fingerprint density at radius 2 is 1.93 bits per heavy atom. The third kappa shape index (κ3) is 3.64. The molecule has 3 rings (SSSR count). The third-order valence-electron chi connectivity index (χ3n) is 4.57. The highest BCUT2D eigenvalue weighted by atomic mass is 16.6. The fourth-order valence-corrected chi connectivity index (χ4v) is 3.20. The summed E-state index contributed by atoms with van der Waals surface area (Å²) < 4.78 is 7.39. The molecule has 0 aliphatic carbocycles. The van der Waals surface area contributed by atoms with Gasteiger partial charge in [-0.25, -0.2) is 0 Å². The molecular weight excluding hydrogens is 354 g/mol. The fraction of sp³-hybridized carbons (Fsp3) is 0.136. The minimum Gasteiger partial charge on any atom is -0.497 e. The normalized spacial score (nSPS) is 11.1. The molecule has 6 nitrogen and oxygen atoms in total.